The molecule has 0 bridgehead atoms. The van der Waals surface area contributed by atoms with Gasteiger partial charge in [0, 0.05) is 7.05 Å². The number of rotatable bonds is 5. The Hall–Kier alpha value is -1.66. The molecule has 11 heteroatoms. The van der Waals surface area contributed by atoms with E-state index in [1.165, 1.54) is 12.7 Å². The lowest BCUT2D eigenvalue weighted by molar-refractivity contribution is 0.00532. The summed E-state index contributed by atoms with van der Waals surface area (Å²) in [4.78, 5) is 12.9. The number of likely N-dealkylation sites (N-methyl/N-ethyl adjacent to an activating group) is 1. The van der Waals surface area contributed by atoms with Crippen molar-refractivity contribution in [2.24, 2.45) is 5.92 Å². The molecule has 0 aromatic carbocycles. The van der Waals surface area contributed by atoms with E-state index in [0.717, 1.165) is 19.2 Å². The fourth-order valence-corrected chi connectivity index (χ4v) is 4.03. The van der Waals surface area contributed by atoms with Gasteiger partial charge >= 0.3 is 10.3 Å². The Balaban J connectivity index is 1.97. The van der Waals surface area contributed by atoms with Crippen LogP contribution < -0.4 is 0 Å². The fourth-order valence-electron chi connectivity index (χ4n) is 3.47. The van der Waals surface area contributed by atoms with Crippen LogP contribution in [0.5, 0.6) is 0 Å². The van der Waals surface area contributed by atoms with Crippen molar-refractivity contribution in [3.8, 4) is 0 Å². The lowest BCUT2D eigenvalue weighted by Gasteiger charge is -2.23. The molecule has 1 aliphatic carbocycles. The van der Waals surface area contributed by atoms with Crippen LogP contribution in [0.1, 0.15) is 32.0 Å². The Morgan fingerprint density at radius 3 is 2.58 bits per heavy atom. The van der Waals surface area contributed by atoms with E-state index in [9.17, 15) is 23.2 Å². The third kappa shape index (κ3) is 3.32. The summed E-state index contributed by atoms with van der Waals surface area (Å²) in [5.41, 5.74) is 1.93. The Kier molecular flexibility index (Phi) is 5.01. The second kappa shape index (κ2) is 6.82. The van der Waals surface area contributed by atoms with Gasteiger partial charge in [-0.3, -0.25) is 4.55 Å². The molecule has 3 rings (SSSR count). The van der Waals surface area contributed by atoms with Gasteiger partial charge in [-0.15, -0.1) is 0 Å². The van der Waals surface area contributed by atoms with E-state index < -0.39 is 34.6 Å². The maximum absolute atomic E-state index is 11.4. The first-order valence-electron chi connectivity index (χ1n) is 8.34. The molecule has 1 fully saturated rings. The van der Waals surface area contributed by atoms with Crippen LogP contribution in [0.2, 0.25) is 0 Å². The van der Waals surface area contributed by atoms with Gasteiger partial charge < -0.3 is 14.8 Å². The third-order valence-corrected chi connectivity index (χ3v) is 5.84. The monoisotopic (exact) mass is 385 g/mol. The number of hydrogen-bond acceptors (Lipinski definition) is 7. The number of imidazole rings is 1. The van der Waals surface area contributed by atoms with Gasteiger partial charge in [-0.25, -0.2) is 15.0 Å². The molecule has 0 amide bonds. The van der Waals surface area contributed by atoms with Gasteiger partial charge in [0.1, 0.15) is 17.9 Å². The normalized spacial score (nSPS) is 27.1. The largest absolute Gasteiger partial charge is 0.389 e. The van der Waals surface area contributed by atoms with E-state index in [1.54, 1.807) is 4.57 Å². The maximum Gasteiger partial charge on any atom is 0.335 e. The van der Waals surface area contributed by atoms with Crippen molar-refractivity contribution < 1.29 is 23.2 Å². The Bertz CT molecular complexity index is 899. The van der Waals surface area contributed by atoms with E-state index in [2.05, 4.69) is 28.8 Å². The number of aromatic nitrogens is 4. The van der Waals surface area contributed by atoms with Crippen molar-refractivity contribution in [1.29, 1.82) is 0 Å². The SMILES string of the molecule is CC(C)Cc1ncnc2c1ncn2[C@@H]1C[C@@H](N(C)S(=O)(=O)O)[C@@H](O)[C@H]1O. The maximum atomic E-state index is 11.4. The summed E-state index contributed by atoms with van der Waals surface area (Å²) < 4.78 is 34.3. The van der Waals surface area contributed by atoms with Crippen LogP contribution in [-0.2, 0) is 16.7 Å². The zero-order valence-corrected chi connectivity index (χ0v) is 15.6. The summed E-state index contributed by atoms with van der Waals surface area (Å²) in [6.45, 7) is 4.13. The van der Waals surface area contributed by atoms with E-state index in [1.807, 2.05) is 0 Å². The van der Waals surface area contributed by atoms with Crippen LogP contribution in [0.4, 0.5) is 0 Å². The minimum Gasteiger partial charge on any atom is -0.389 e. The molecule has 2 heterocycles. The van der Waals surface area contributed by atoms with Gasteiger partial charge in [0.05, 0.1) is 30.2 Å². The Morgan fingerprint density at radius 2 is 1.96 bits per heavy atom. The molecule has 3 N–H and O–H groups in total. The Morgan fingerprint density at radius 1 is 1.27 bits per heavy atom. The lowest BCUT2D eigenvalue weighted by atomic mass is 10.1. The minimum absolute atomic E-state index is 0.105. The van der Waals surface area contributed by atoms with Crippen LogP contribution in [0.3, 0.4) is 0 Å². The number of aliphatic hydroxyl groups is 2. The molecular formula is C15H23N5O5S. The van der Waals surface area contributed by atoms with Crippen LogP contribution in [0, 0.1) is 5.92 Å². The van der Waals surface area contributed by atoms with Crippen LogP contribution in [-0.4, -0.2) is 72.3 Å². The minimum atomic E-state index is -4.49. The van der Waals surface area contributed by atoms with Crippen molar-refractivity contribution in [2.75, 3.05) is 7.05 Å². The summed E-state index contributed by atoms with van der Waals surface area (Å²) in [5, 5.41) is 20.7. The number of aliphatic hydroxyl groups excluding tert-OH is 2. The highest BCUT2D eigenvalue weighted by atomic mass is 32.2. The molecule has 0 saturated heterocycles. The molecule has 1 saturated carbocycles. The molecule has 2 aromatic heterocycles. The summed E-state index contributed by atoms with van der Waals surface area (Å²) in [7, 11) is -3.33. The van der Waals surface area contributed by atoms with Crippen LogP contribution in [0.25, 0.3) is 11.2 Å². The quantitative estimate of drug-likeness (QED) is 0.601. The predicted octanol–water partition coefficient (Wildman–Crippen LogP) is -0.205. The summed E-state index contributed by atoms with van der Waals surface area (Å²) >= 11 is 0. The van der Waals surface area contributed by atoms with Crippen molar-refractivity contribution in [1.82, 2.24) is 23.8 Å². The van der Waals surface area contributed by atoms with Gasteiger partial charge in [0.25, 0.3) is 0 Å². The number of nitrogens with zero attached hydrogens (tertiary/aromatic N) is 5. The predicted molar refractivity (Wildman–Crippen MR) is 92.6 cm³/mol. The zero-order valence-electron chi connectivity index (χ0n) is 14.8. The first kappa shape index (κ1) is 19.1. The molecule has 0 unspecified atom stereocenters. The average Bonchev–Trinajstić information content (AvgIpc) is 3.09. The Labute approximate surface area is 151 Å². The molecular weight excluding hydrogens is 362 g/mol. The third-order valence-electron chi connectivity index (χ3n) is 4.85. The molecule has 4 atom stereocenters. The first-order chi connectivity index (χ1) is 12.1. The van der Waals surface area contributed by atoms with Gasteiger partial charge in [-0.05, 0) is 18.8 Å². The lowest BCUT2D eigenvalue weighted by Crippen LogP contribution is -2.44. The highest BCUT2D eigenvalue weighted by Crippen LogP contribution is 2.36. The highest BCUT2D eigenvalue weighted by molar-refractivity contribution is 7.83. The molecule has 1 aliphatic rings. The van der Waals surface area contributed by atoms with Gasteiger partial charge in [0.15, 0.2) is 5.65 Å². The summed E-state index contributed by atoms with van der Waals surface area (Å²) in [6.07, 6.45) is 1.19. The number of hydrogen-bond donors (Lipinski definition) is 3. The van der Waals surface area contributed by atoms with E-state index in [0.29, 0.717) is 21.4 Å². The molecule has 26 heavy (non-hydrogen) atoms. The fraction of sp³-hybridized carbons (Fsp3) is 0.667. The molecule has 0 aliphatic heterocycles. The smallest absolute Gasteiger partial charge is 0.335 e. The highest BCUT2D eigenvalue weighted by Gasteiger charge is 2.47. The van der Waals surface area contributed by atoms with Crippen molar-refractivity contribution in [3.05, 3.63) is 18.3 Å². The zero-order chi connectivity index (χ0) is 19.2. The number of fused-ring (bicyclic) bond motifs is 1. The average molecular weight is 385 g/mol. The first-order valence-corrected chi connectivity index (χ1v) is 9.74. The van der Waals surface area contributed by atoms with Gasteiger partial charge in [-0.1, -0.05) is 13.8 Å². The summed E-state index contributed by atoms with van der Waals surface area (Å²) in [6, 6.07) is -1.59. The topological polar surface area (TPSA) is 142 Å². The second-order valence-corrected chi connectivity index (χ2v) is 8.56. The molecule has 0 spiro atoms. The van der Waals surface area contributed by atoms with E-state index in [4.69, 9.17) is 0 Å². The molecule has 10 nitrogen and oxygen atoms in total. The molecule has 0 radical (unpaired) electrons. The van der Waals surface area contributed by atoms with Crippen molar-refractivity contribution in [2.45, 2.75) is 51.0 Å². The standard InChI is InChI=1S/C15H23N5O5S/c1-8(2)4-9-12-15(17-6-16-9)20(7-18-12)11-5-10(13(21)14(11)22)19(3)26(23,24)25/h6-8,10-11,13-14,21-22H,4-5H2,1-3H3,(H,23,24,25)/t10-,11-,13-,14+/m1/s1. The van der Waals surface area contributed by atoms with Crippen molar-refractivity contribution >= 4 is 21.5 Å². The van der Waals surface area contributed by atoms with Gasteiger partial charge in [-0.2, -0.15) is 12.7 Å². The second-order valence-electron chi connectivity index (χ2n) is 7.09. The van der Waals surface area contributed by atoms with Gasteiger partial charge in [0.2, 0.25) is 0 Å². The van der Waals surface area contributed by atoms with Crippen LogP contribution >= 0.6 is 0 Å². The molecule has 144 valence electrons. The van der Waals surface area contributed by atoms with E-state index in [-0.39, 0.29) is 6.42 Å². The molecule has 2 aromatic rings. The van der Waals surface area contributed by atoms with Crippen LogP contribution in [0.15, 0.2) is 12.7 Å². The van der Waals surface area contributed by atoms with Crippen molar-refractivity contribution in [3.63, 3.8) is 0 Å². The van der Waals surface area contributed by atoms with E-state index >= 15 is 0 Å². The summed E-state index contributed by atoms with van der Waals surface area (Å²) in [5.74, 6) is 0.380.